The Balaban J connectivity index is 1.67. The highest BCUT2D eigenvalue weighted by atomic mass is 79.9. The van der Waals surface area contributed by atoms with Gasteiger partial charge in [0.2, 0.25) is 11.7 Å². The zero-order chi connectivity index (χ0) is 18.0. The van der Waals surface area contributed by atoms with E-state index in [9.17, 15) is 0 Å². The van der Waals surface area contributed by atoms with E-state index in [1.54, 1.807) is 18.4 Å². The van der Waals surface area contributed by atoms with E-state index in [1.165, 1.54) is 5.56 Å². The molecule has 132 valence electrons. The molecule has 0 atom stereocenters. The summed E-state index contributed by atoms with van der Waals surface area (Å²) in [4.78, 5) is 7.63. The van der Waals surface area contributed by atoms with Crippen LogP contribution in [0.1, 0.15) is 22.6 Å². The monoisotopic (exact) mass is 421 g/mol. The predicted octanol–water partition coefficient (Wildman–Crippen LogP) is 4.82. The molecule has 0 fully saturated rings. The number of ether oxygens (including phenoxy) is 1. The van der Waals surface area contributed by atoms with Crippen LogP contribution < -0.4 is 4.74 Å². The zero-order valence-corrected chi connectivity index (χ0v) is 17.1. The van der Waals surface area contributed by atoms with Crippen LogP contribution in [0.3, 0.4) is 0 Å². The quantitative estimate of drug-likeness (QED) is 0.570. The number of rotatable bonds is 6. The first-order valence-corrected chi connectivity index (χ1v) is 9.48. The van der Waals surface area contributed by atoms with Crippen LogP contribution in [0.4, 0.5) is 0 Å². The van der Waals surface area contributed by atoms with Gasteiger partial charge in [-0.15, -0.1) is 11.3 Å². The number of thiophene rings is 1. The molecule has 1 aromatic carbocycles. The summed E-state index contributed by atoms with van der Waals surface area (Å²) < 4.78 is 11.9. The van der Waals surface area contributed by atoms with E-state index < -0.39 is 0 Å². The Hall–Kier alpha value is -1.70. The summed E-state index contributed by atoms with van der Waals surface area (Å²) in [7, 11) is 3.75. The van der Waals surface area contributed by atoms with Gasteiger partial charge in [0.1, 0.15) is 5.75 Å². The van der Waals surface area contributed by atoms with E-state index in [1.807, 2.05) is 19.2 Å². The molecule has 0 radical (unpaired) electrons. The molecule has 5 nitrogen and oxygen atoms in total. The first kappa shape index (κ1) is 18.1. The zero-order valence-electron chi connectivity index (χ0n) is 14.7. The number of halogens is 1. The summed E-state index contributed by atoms with van der Waals surface area (Å²) in [5, 5.41) is 4.07. The molecule has 0 aliphatic heterocycles. The van der Waals surface area contributed by atoms with Crippen LogP contribution >= 0.6 is 27.3 Å². The first-order chi connectivity index (χ1) is 12.0. The molecule has 0 spiro atoms. The topological polar surface area (TPSA) is 51.4 Å². The molecule has 0 amide bonds. The van der Waals surface area contributed by atoms with Gasteiger partial charge in [-0.05, 0) is 65.6 Å². The van der Waals surface area contributed by atoms with Gasteiger partial charge in [0, 0.05) is 6.54 Å². The average molecular weight is 422 g/mol. The number of hydrogen-bond acceptors (Lipinski definition) is 6. The molecule has 0 N–H and O–H groups in total. The lowest BCUT2D eigenvalue weighted by molar-refractivity contribution is 0.260. The molecule has 2 heterocycles. The third-order valence-electron chi connectivity index (χ3n) is 3.84. The molecule has 0 unspecified atom stereocenters. The molecular formula is C18H20BrN3O2S. The van der Waals surface area contributed by atoms with Crippen molar-refractivity contribution in [2.24, 2.45) is 0 Å². The molecule has 0 bridgehead atoms. The highest BCUT2D eigenvalue weighted by molar-refractivity contribution is 9.11. The van der Waals surface area contributed by atoms with E-state index in [2.05, 4.69) is 57.0 Å². The summed E-state index contributed by atoms with van der Waals surface area (Å²) in [6.45, 7) is 5.54. The Morgan fingerprint density at radius 2 is 1.92 bits per heavy atom. The highest BCUT2D eigenvalue weighted by Crippen LogP contribution is 2.29. The van der Waals surface area contributed by atoms with Crippen molar-refractivity contribution in [3.63, 3.8) is 0 Å². The Kier molecular flexibility index (Phi) is 5.56. The number of nitrogens with zero attached hydrogens (tertiary/aromatic N) is 3. The SMILES string of the molecule is COc1c(C)cc(CN(C)Cc2nc(-c3ccc(Br)s3)no2)cc1C. The van der Waals surface area contributed by atoms with E-state index in [0.717, 1.165) is 32.1 Å². The van der Waals surface area contributed by atoms with Crippen molar-refractivity contribution >= 4 is 27.3 Å². The molecule has 3 rings (SSSR count). The molecule has 25 heavy (non-hydrogen) atoms. The van der Waals surface area contributed by atoms with Crippen molar-refractivity contribution in [2.75, 3.05) is 14.2 Å². The molecular weight excluding hydrogens is 402 g/mol. The van der Waals surface area contributed by atoms with E-state index in [4.69, 9.17) is 9.26 Å². The fraction of sp³-hybridized carbons (Fsp3) is 0.333. The maximum atomic E-state index is 5.43. The number of hydrogen-bond donors (Lipinski definition) is 0. The van der Waals surface area contributed by atoms with Gasteiger partial charge >= 0.3 is 0 Å². The largest absolute Gasteiger partial charge is 0.496 e. The molecule has 7 heteroatoms. The van der Waals surface area contributed by atoms with Crippen LogP contribution in [-0.4, -0.2) is 29.2 Å². The lowest BCUT2D eigenvalue weighted by Crippen LogP contribution is -2.17. The summed E-state index contributed by atoms with van der Waals surface area (Å²) >= 11 is 5.04. The van der Waals surface area contributed by atoms with Gasteiger partial charge in [0.15, 0.2) is 0 Å². The van der Waals surface area contributed by atoms with Gasteiger partial charge in [0.25, 0.3) is 0 Å². The van der Waals surface area contributed by atoms with Crippen LogP contribution in [0.5, 0.6) is 5.75 Å². The fourth-order valence-electron chi connectivity index (χ4n) is 2.91. The number of aromatic nitrogens is 2. The van der Waals surface area contributed by atoms with Crippen molar-refractivity contribution in [1.82, 2.24) is 15.0 Å². The van der Waals surface area contributed by atoms with E-state index in [0.29, 0.717) is 18.3 Å². The summed E-state index contributed by atoms with van der Waals surface area (Å²) in [5.74, 6) is 2.20. The average Bonchev–Trinajstić information content (AvgIpc) is 3.15. The minimum Gasteiger partial charge on any atom is -0.496 e. The van der Waals surface area contributed by atoms with Gasteiger partial charge in [-0.1, -0.05) is 17.3 Å². The normalized spacial score (nSPS) is 11.3. The van der Waals surface area contributed by atoms with Gasteiger partial charge < -0.3 is 9.26 Å². The van der Waals surface area contributed by atoms with Crippen LogP contribution in [0.25, 0.3) is 10.7 Å². The van der Waals surface area contributed by atoms with Gasteiger partial charge in [-0.25, -0.2) is 0 Å². The van der Waals surface area contributed by atoms with Crippen LogP contribution in [-0.2, 0) is 13.1 Å². The highest BCUT2D eigenvalue weighted by Gasteiger charge is 2.13. The second-order valence-electron chi connectivity index (χ2n) is 6.05. The lowest BCUT2D eigenvalue weighted by Gasteiger charge is -2.17. The second kappa shape index (κ2) is 7.68. The van der Waals surface area contributed by atoms with Crippen molar-refractivity contribution in [1.29, 1.82) is 0 Å². The summed E-state index contributed by atoms with van der Waals surface area (Å²) in [6, 6.07) is 8.28. The van der Waals surface area contributed by atoms with Crippen LogP contribution in [0.15, 0.2) is 32.6 Å². The first-order valence-electron chi connectivity index (χ1n) is 7.87. The third-order valence-corrected chi connectivity index (χ3v) is 5.46. The van der Waals surface area contributed by atoms with Gasteiger partial charge in [0.05, 0.1) is 22.3 Å². The Bertz CT molecular complexity index is 852. The minimum atomic E-state index is 0.601. The minimum absolute atomic E-state index is 0.601. The molecule has 0 saturated carbocycles. The summed E-state index contributed by atoms with van der Waals surface area (Å²) in [5.41, 5.74) is 3.53. The van der Waals surface area contributed by atoms with E-state index >= 15 is 0 Å². The molecule has 2 aromatic heterocycles. The van der Waals surface area contributed by atoms with Gasteiger partial charge in [-0.2, -0.15) is 4.98 Å². The maximum Gasteiger partial charge on any atom is 0.241 e. The standard InChI is InChI=1S/C18H20BrN3O2S/c1-11-7-13(8-12(2)17(11)23-4)9-22(3)10-16-20-18(21-24-16)14-5-6-15(19)25-14/h5-8H,9-10H2,1-4H3. The Morgan fingerprint density at radius 1 is 1.20 bits per heavy atom. The molecule has 0 aliphatic rings. The fourth-order valence-corrected chi connectivity index (χ4v) is 4.22. The maximum absolute atomic E-state index is 5.43. The van der Waals surface area contributed by atoms with Crippen molar-refractivity contribution in [2.45, 2.75) is 26.9 Å². The second-order valence-corrected chi connectivity index (χ2v) is 8.51. The Morgan fingerprint density at radius 3 is 2.52 bits per heavy atom. The van der Waals surface area contributed by atoms with Crippen LogP contribution in [0.2, 0.25) is 0 Å². The number of benzene rings is 1. The smallest absolute Gasteiger partial charge is 0.241 e. The predicted molar refractivity (Wildman–Crippen MR) is 103 cm³/mol. The lowest BCUT2D eigenvalue weighted by atomic mass is 10.1. The number of aryl methyl sites for hydroxylation is 2. The van der Waals surface area contributed by atoms with Crippen molar-refractivity contribution < 1.29 is 9.26 Å². The van der Waals surface area contributed by atoms with E-state index in [-0.39, 0.29) is 0 Å². The number of methoxy groups -OCH3 is 1. The van der Waals surface area contributed by atoms with Crippen LogP contribution in [0, 0.1) is 13.8 Å². The molecule has 0 aliphatic carbocycles. The van der Waals surface area contributed by atoms with Crippen molar-refractivity contribution in [3.8, 4) is 16.5 Å². The Labute approximate surface area is 159 Å². The van der Waals surface area contributed by atoms with Crippen molar-refractivity contribution in [3.05, 3.63) is 50.6 Å². The molecule has 0 saturated heterocycles. The van der Waals surface area contributed by atoms with Gasteiger partial charge in [-0.3, -0.25) is 4.90 Å². The molecule has 3 aromatic rings. The third kappa shape index (κ3) is 4.29. The summed E-state index contributed by atoms with van der Waals surface area (Å²) in [6.07, 6.45) is 0.